The van der Waals surface area contributed by atoms with Crippen LogP contribution in [0.15, 0.2) is 0 Å². The summed E-state index contributed by atoms with van der Waals surface area (Å²) in [6.45, 7) is 0. The van der Waals surface area contributed by atoms with Crippen molar-refractivity contribution in [3.63, 3.8) is 0 Å². The average Bonchev–Trinajstić information content (AvgIpc) is 0.918. The van der Waals surface area contributed by atoms with Crippen LogP contribution in [0.2, 0.25) is 0 Å². The first-order valence-electron chi connectivity index (χ1n) is 0.724. The van der Waals surface area contributed by atoms with Gasteiger partial charge < -0.3 is 0 Å². The fourth-order valence-electron chi connectivity index (χ4n) is 0. The molecule has 0 aliphatic heterocycles. The fourth-order valence-corrected chi connectivity index (χ4v) is 0. The zero-order chi connectivity index (χ0) is 2.71. The van der Waals surface area contributed by atoms with Gasteiger partial charge in [0.25, 0.3) is 0 Å². The van der Waals surface area contributed by atoms with Crippen molar-refractivity contribution in [2.45, 2.75) is 7.43 Å². The Morgan fingerprint density at radius 1 is 1.75 bits per heavy atom. The standard InChI is InChI=1S/CN.CH4.K/c1-2;;/h;1H4;. The first-order valence-corrected chi connectivity index (χ1v) is 2.29. The molecule has 0 rings (SSSR count). The van der Waals surface area contributed by atoms with Gasteiger partial charge in [-0.05, 0) is 0 Å². The number of hydrogen-bond donors (Lipinski definition) is 0. The summed E-state index contributed by atoms with van der Waals surface area (Å²) in [4.78, 5) is 0. The molecule has 0 aromatic heterocycles. The summed E-state index contributed by atoms with van der Waals surface area (Å²) < 4.78 is 1.94. The molecule has 0 spiro atoms. The van der Waals surface area contributed by atoms with Gasteiger partial charge in [0, 0.05) is 0 Å². The van der Waals surface area contributed by atoms with Crippen molar-refractivity contribution >= 4 is 49.0 Å². The zero-order valence-electron chi connectivity index (χ0n) is 1.95. The van der Waals surface area contributed by atoms with Crippen molar-refractivity contribution in [3.8, 4) is 0.164 Å². The molecular formula is C2H4KN. The molecule has 0 fully saturated rings. The Hall–Kier alpha value is 1.13. The Balaban J connectivity index is 0. The van der Waals surface area contributed by atoms with Crippen molar-refractivity contribution in [3.05, 3.63) is 0 Å². The zero-order valence-corrected chi connectivity index (χ0v) is 5.07. The molecule has 0 heterocycles. The molecule has 0 unspecified atom stereocenters. The summed E-state index contributed by atoms with van der Waals surface area (Å²) in [5.74, 6) is 0. The summed E-state index contributed by atoms with van der Waals surface area (Å²) in [5, 5.41) is 7.40. The predicted molar refractivity (Wildman–Crippen MR) is 18.1 cm³/mol. The van der Waals surface area contributed by atoms with E-state index in [0.717, 1.165) is 0 Å². The maximum atomic E-state index is 7.40. The monoisotopic (exact) mass is 81.0 g/mol. The van der Waals surface area contributed by atoms with Crippen LogP contribution in [0.1, 0.15) is 7.43 Å². The van der Waals surface area contributed by atoms with Crippen molar-refractivity contribution in [2.24, 2.45) is 0 Å². The Labute approximate surface area is 60.6 Å². The second-order valence-electron chi connectivity index (χ2n) is 0.224. The first kappa shape index (κ1) is 8.93. The number of hydrogen-bond acceptors (Lipinski definition) is 1. The molecule has 0 aliphatic rings. The van der Waals surface area contributed by atoms with Crippen molar-refractivity contribution in [1.82, 2.24) is 0 Å². The van der Waals surface area contributed by atoms with Gasteiger partial charge >= 0.3 is 54.4 Å². The van der Waals surface area contributed by atoms with Gasteiger partial charge in [-0.3, -0.25) is 0 Å². The summed E-state index contributed by atoms with van der Waals surface area (Å²) in [5.41, 5.74) is 0. The Kier molecular flexibility index (Phi) is 19.9. The van der Waals surface area contributed by atoms with E-state index in [1.54, 1.807) is 0 Å². The topological polar surface area (TPSA) is 23.8 Å². The summed E-state index contributed by atoms with van der Waals surface area (Å²) in [6, 6.07) is 0. The summed E-state index contributed by atoms with van der Waals surface area (Å²) >= 11 is 0.410. The Bertz CT molecular complexity index is 27.5. The molecule has 4 heavy (non-hydrogen) atoms. The van der Waals surface area contributed by atoms with E-state index in [1.165, 1.54) is 0 Å². The van der Waals surface area contributed by atoms with Gasteiger partial charge in [-0.2, -0.15) is 0 Å². The molecule has 0 radical (unpaired) electrons. The summed E-state index contributed by atoms with van der Waals surface area (Å²) in [7, 11) is 0. The van der Waals surface area contributed by atoms with Gasteiger partial charge in [0.1, 0.15) is 0 Å². The minimum atomic E-state index is 0. The van der Waals surface area contributed by atoms with Crippen LogP contribution in [0.4, 0.5) is 0 Å². The molecule has 0 aromatic rings. The average molecular weight is 81.2 g/mol. The molecular weight excluding hydrogens is 77.1 g/mol. The molecule has 0 saturated carbocycles. The normalized spacial score (nSPS) is 2.25. The molecule has 0 atom stereocenters. The van der Waals surface area contributed by atoms with Gasteiger partial charge in [0.2, 0.25) is 0 Å². The van der Waals surface area contributed by atoms with Gasteiger partial charge in [0.15, 0.2) is 0 Å². The van der Waals surface area contributed by atoms with Crippen molar-refractivity contribution in [1.29, 1.82) is 5.26 Å². The Morgan fingerprint density at radius 3 is 1.75 bits per heavy atom. The van der Waals surface area contributed by atoms with Crippen LogP contribution in [-0.2, 0) is 0 Å². The van der Waals surface area contributed by atoms with Gasteiger partial charge in [-0.1, -0.05) is 7.43 Å². The SMILES string of the molecule is C.N#[C][K]. The number of nitrogens with zero attached hydrogens (tertiary/aromatic N) is 1. The molecule has 0 amide bonds. The van der Waals surface area contributed by atoms with E-state index >= 15 is 0 Å². The molecule has 18 valence electrons. The van der Waals surface area contributed by atoms with E-state index in [0.29, 0.717) is 49.0 Å². The fraction of sp³-hybridized carbons (Fsp3) is 0.500. The first-order chi connectivity index (χ1) is 1.41. The van der Waals surface area contributed by atoms with Crippen LogP contribution < -0.4 is 0 Å². The quantitative estimate of drug-likeness (QED) is 0.384. The van der Waals surface area contributed by atoms with E-state index in [2.05, 4.69) is 0 Å². The molecule has 2 heteroatoms. The number of nitriles is 1. The van der Waals surface area contributed by atoms with Crippen LogP contribution in [0.5, 0.6) is 0 Å². The van der Waals surface area contributed by atoms with E-state index < -0.39 is 0 Å². The second-order valence-corrected chi connectivity index (χ2v) is 0.922. The second kappa shape index (κ2) is 8.92. The molecule has 0 N–H and O–H groups in total. The van der Waals surface area contributed by atoms with Crippen LogP contribution in [0.3, 0.4) is 0 Å². The van der Waals surface area contributed by atoms with Crippen LogP contribution >= 0.6 is 0 Å². The van der Waals surface area contributed by atoms with Gasteiger partial charge in [-0.25, -0.2) is 0 Å². The predicted octanol–water partition coefficient (Wildman–Crippen LogP) is 0.272. The van der Waals surface area contributed by atoms with Crippen LogP contribution in [-0.4, -0.2) is 49.0 Å². The third-order valence-corrected chi connectivity index (χ3v) is 0. The number of rotatable bonds is 0. The summed E-state index contributed by atoms with van der Waals surface area (Å²) in [6.07, 6.45) is 0. The molecule has 1 nitrogen and oxygen atoms in total. The Morgan fingerprint density at radius 2 is 1.75 bits per heavy atom. The molecule has 0 saturated heterocycles. The maximum absolute atomic E-state index is 7.40. The molecule has 0 aromatic carbocycles. The van der Waals surface area contributed by atoms with E-state index in [1.807, 2.05) is 0.164 Å². The van der Waals surface area contributed by atoms with Crippen LogP contribution in [0, 0.1) is 5.43 Å². The third kappa shape index (κ3) is 11.1. The minimum absolute atomic E-state index is 0. The molecule has 0 bridgehead atoms. The van der Waals surface area contributed by atoms with Crippen molar-refractivity contribution < 1.29 is 0 Å². The van der Waals surface area contributed by atoms with Gasteiger partial charge in [0.05, 0.1) is 0 Å². The van der Waals surface area contributed by atoms with E-state index in [-0.39, 0.29) is 7.43 Å². The van der Waals surface area contributed by atoms with E-state index in [4.69, 9.17) is 5.26 Å². The van der Waals surface area contributed by atoms with Gasteiger partial charge in [-0.15, -0.1) is 0 Å². The van der Waals surface area contributed by atoms with Crippen molar-refractivity contribution in [2.75, 3.05) is 0 Å². The molecule has 0 aliphatic carbocycles. The third-order valence-electron chi connectivity index (χ3n) is 0. The van der Waals surface area contributed by atoms with E-state index in [9.17, 15) is 0 Å². The van der Waals surface area contributed by atoms with Crippen LogP contribution in [0.25, 0.3) is 0 Å².